The van der Waals surface area contributed by atoms with Crippen molar-refractivity contribution in [3.8, 4) is 11.6 Å². The second-order valence-corrected chi connectivity index (χ2v) is 4.93. The zero-order chi connectivity index (χ0) is 13.1. The molecule has 0 aliphatic rings. The van der Waals surface area contributed by atoms with Crippen molar-refractivity contribution in [1.29, 1.82) is 0 Å². The number of aryl methyl sites for hydroxylation is 2. The van der Waals surface area contributed by atoms with Crippen LogP contribution in [-0.4, -0.2) is 9.78 Å². The number of nitrogens with zero attached hydrogens (tertiary/aromatic N) is 2. The lowest BCUT2D eigenvalue weighted by Gasteiger charge is -2.08. The minimum absolute atomic E-state index is 0.588. The highest BCUT2D eigenvalue weighted by molar-refractivity contribution is 9.10. The van der Waals surface area contributed by atoms with E-state index in [9.17, 15) is 0 Å². The molecule has 0 saturated heterocycles. The van der Waals surface area contributed by atoms with E-state index in [-0.39, 0.29) is 0 Å². The van der Waals surface area contributed by atoms with Gasteiger partial charge < -0.3 is 10.5 Å². The Morgan fingerprint density at radius 3 is 2.78 bits per heavy atom. The van der Waals surface area contributed by atoms with Crippen LogP contribution in [0.25, 0.3) is 0 Å². The van der Waals surface area contributed by atoms with Crippen molar-refractivity contribution >= 4 is 21.6 Å². The molecule has 96 valence electrons. The molecule has 2 N–H and O–H groups in total. The van der Waals surface area contributed by atoms with E-state index in [0.717, 1.165) is 28.8 Å². The second-order valence-electron chi connectivity index (χ2n) is 4.07. The van der Waals surface area contributed by atoms with Gasteiger partial charge in [0.1, 0.15) is 11.4 Å². The maximum absolute atomic E-state index is 6.06. The van der Waals surface area contributed by atoms with Gasteiger partial charge in [0.05, 0.1) is 10.2 Å². The Hall–Kier alpha value is -1.49. The summed E-state index contributed by atoms with van der Waals surface area (Å²) < 4.78 is 8.40. The molecule has 0 fully saturated rings. The normalized spacial score (nSPS) is 10.6. The van der Waals surface area contributed by atoms with Gasteiger partial charge in [-0.1, -0.05) is 25.5 Å². The van der Waals surface area contributed by atoms with Gasteiger partial charge in [0.25, 0.3) is 0 Å². The minimum Gasteiger partial charge on any atom is -0.436 e. The Morgan fingerprint density at radius 1 is 1.39 bits per heavy atom. The Morgan fingerprint density at radius 2 is 2.11 bits per heavy atom. The fraction of sp³-hybridized carbons (Fsp3) is 0.308. The molecule has 1 aromatic heterocycles. The molecule has 0 radical (unpaired) electrons. The molecule has 0 spiro atoms. The first-order valence-electron chi connectivity index (χ1n) is 5.87. The molecule has 0 saturated carbocycles. The number of nitrogen functional groups attached to an aromatic ring is 1. The molecule has 0 bridgehead atoms. The van der Waals surface area contributed by atoms with Crippen LogP contribution in [0.4, 0.5) is 5.69 Å². The molecule has 5 heteroatoms. The van der Waals surface area contributed by atoms with E-state index in [0.29, 0.717) is 11.6 Å². The number of hydrogen-bond donors (Lipinski definition) is 1. The molecule has 0 amide bonds. The summed E-state index contributed by atoms with van der Waals surface area (Å²) in [5, 5.41) is 4.38. The van der Waals surface area contributed by atoms with Crippen molar-refractivity contribution in [1.82, 2.24) is 9.78 Å². The molecular weight excluding hydrogens is 294 g/mol. The van der Waals surface area contributed by atoms with Crippen LogP contribution in [0.5, 0.6) is 11.6 Å². The summed E-state index contributed by atoms with van der Waals surface area (Å²) in [5.41, 5.74) is 7.58. The van der Waals surface area contributed by atoms with Crippen LogP contribution in [0.1, 0.15) is 19.0 Å². The van der Waals surface area contributed by atoms with Crippen molar-refractivity contribution < 1.29 is 4.74 Å². The molecule has 4 nitrogen and oxygen atoms in total. The van der Waals surface area contributed by atoms with Gasteiger partial charge in [0.2, 0.25) is 5.88 Å². The third kappa shape index (κ3) is 2.51. The van der Waals surface area contributed by atoms with Crippen LogP contribution in [0, 0.1) is 0 Å². The Kier molecular flexibility index (Phi) is 3.91. The van der Waals surface area contributed by atoms with E-state index in [1.807, 2.05) is 31.3 Å². The minimum atomic E-state index is 0.588. The zero-order valence-electron chi connectivity index (χ0n) is 10.5. The fourth-order valence-electron chi connectivity index (χ4n) is 1.75. The van der Waals surface area contributed by atoms with Gasteiger partial charge in [-0.15, -0.1) is 0 Å². The van der Waals surface area contributed by atoms with Gasteiger partial charge in [-0.05, 0) is 34.5 Å². The molecule has 1 heterocycles. The summed E-state index contributed by atoms with van der Waals surface area (Å²) in [6.45, 7) is 2.10. The van der Waals surface area contributed by atoms with Gasteiger partial charge in [-0.25, -0.2) is 4.68 Å². The standard InChI is InChI=1S/C13H16BrN3O/c1-3-6-10-12(15)13(17(2)16-10)18-11-8-5-4-7-9(11)14/h4-5,7-8H,3,6,15H2,1-2H3. The maximum atomic E-state index is 6.06. The summed E-state index contributed by atoms with van der Waals surface area (Å²) in [6, 6.07) is 7.66. The van der Waals surface area contributed by atoms with Gasteiger partial charge >= 0.3 is 0 Å². The lowest BCUT2D eigenvalue weighted by molar-refractivity contribution is 0.430. The number of ether oxygens (including phenoxy) is 1. The van der Waals surface area contributed by atoms with E-state index < -0.39 is 0 Å². The van der Waals surface area contributed by atoms with Gasteiger partial charge in [0.15, 0.2) is 0 Å². The highest BCUT2D eigenvalue weighted by Gasteiger charge is 2.15. The summed E-state index contributed by atoms with van der Waals surface area (Å²) in [7, 11) is 1.84. The van der Waals surface area contributed by atoms with E-state index in [1.165, 1.54) is 0 Å². The third-order valence-corrected chi connectivity index (χ3v) is 3.29. The smallest absolute Gasteiger partial charge is 0.241 e. The Labute approximate surface area is 115 Å². The van der Waals surface area contributed by atoms with Crippen LogP contribution < -0.4 is 10.5 Å². The SMILES string of the molecule is CCCc1nn(C)c(Oc2ccccc2Br)c1N. The molecule has 0 atom stereocenters. The van der Waals surface area contributed by atoms with Crippen molar-refractivity contribution in [2.45, 2.75) is 19.8 Å². The number of rotatable bonds is 4. The predicted octanol–water partition coefficient (Wildman–Crippen LogP) is 3.51. The first kappa shape index (κ1) is 13.0. The van der Waals surface area contributed by atoms with Crippen LogP contribution in [0.3, 0.4) is 0 Å². The highest BCUT2D eigenvalue weighted by Crippen LogP contribution is 2.33. The topological polar surface area (TPSA) is 53.1 Å². The number of anilines is 1. The molecule has 2 aromatic rings. The Balaban J connectivity index is 2.32. The first-order chi connectivity index (χ1) is 8.63. The second kappa shape index (κ2) is 5.44. The van der Waals surface area contributed by atoms with Crippen molar-refractivity contribution in [3.05, 3.63) is 34.4 Å². The summed E-state index contributed by atoms with van der Waals surface area (Å²) in [6.07, 6.45) is 1.87. The lowest BCUT2D eigenvalue weighted by atomic mass is 10.2. The third-order valence-electron chi connectivity index (χ3n) is 2.64. The molecule has 0 aliphatic carbocycles. The number of nitrogens with two attached hydrogens (primary N) is 1. The van der Waals surface area contributed by atoms with Gasteiger partial charge in [-0.2, -0.15) is 5.10 Å². The van der Waals surface area contributed by atoms with Crippen LogP contribution in [0.2, 0.25) is 0 Å². The molecular formula is C13H16BrN3O. The van der Waals surface area contributed by atoms with Crippen LogP contribution in [-0.2, 0) is 13.5 Å². The molecule has 2 rings (SSSR count). The number of aromatic nitrogens is 2. The van der Waals surface area contributed by atoms with Crippen LogP contribution in [0.15, 0.2) is 28.7 Å². The quantitative estimate of drug-likeness (QED) is 0.940. The number of para-hydroxylation sites is 1. The lowest BCUT2D eigenvalue weighted by Crippen LogP contribution is -1.97. The number of halogens is 1. The number of hydrogen-bond acceptors (Lipinski definition) is 3. The summed E-state index contributed by atoms with van der Waals surface area (Å²) >= 11 is 3.44. The van der Waals surface area contributed by atoms with E-state index in [2.05, 4.69) is 28.0 Å². The van der Waals surface area contributed by atoms with Gasteiger partial charge in [0, 0.05) is 7.05 Å². The van der Waals surface area contributed by atoms with Crippen LogP contribution >= 0.6 is 15.9 Å². The first-order valence-corrected chi connectivity index (χ1v) is 6.66. The van der Waals surface area contributed by atoms with Crippen molar-refractivity contribution in [2.75, 3.05) is 5.73 Å². The van der Waals surface area contributed by atoms with E-state index in [4.69, 9.17) is 10.5 Å². The molecule has 0 aliphatic heterocycles. The average Bonchev–Trinajstić information content (AvgIpc) is 2.60. The van der Waals surface area contributed by atoms with E-state index in [1.54, 1.807) is 4.68 Å². The Bertz CT molecular complexity index is 551. The van der Waals surface area contributed by atoms with Crippen molar-refractivity contribution in [3.63, 3.8) is 0 Å². The molecule has 0 unspecified atom stereocenters. The van der Waals surface area contributed by atoms with E-state index >= 15 is 0 Å². The van der Waals surface area contributed by atoms with Crippen molar-refractivity contribution in [2.24, 2.45) is 7.05 Å². The summed E-state index contributed by atoms with van der Waals surface area (Å²) in [4.78, 5) is 0. The molecule has 1 aromatic carbocycles. The highest BCUT2D eigenvalue weighted by atomic mass is 79.9. The summed E-state index contributed by atoms with van der Waals surface area (Å²) in [5.74, 6) is 1.32. The number of benzene rings is 1. The zero-order valence-corrected chi connectivity index (χ0v) is 12.1. The largest absolute Gasteiger partial charge is 0.436 e. The average molecular weight is 310 g/mol. The van der Waals surface area contributed by atoms with Gasteiger partial charge in [-0.3, -0.25) is 0 Å². The monoisotopic (exact) mass is 309 g/mol. The maximum Gasteiger partial charge on any atom is 0.241 e. The molecule has 18 heavy (non-hydrogen) atoms. The predicted molar refractivity (Wildman–Crippen MR) is 75.8 cm³/mol. The fourth-order valence-corrected chi connectivity index (χ4v) is 2.12.